The second-order valence-corrected chi connectivity index (χ2v) is 5.73. The molecule has 0 radical (unpaired) electrons. The fourth-order valence-corrected chi connectivity index (χ4v) is 3.16. The number of methoxy groups -OCH3 is 1. The van der Waals surface area contributed by atoms with E-state index in [1.165, 1.54) is 14.7 Å². The first-order valence-electron chi connectivity index (χ1n) is 5.72. The van der Waals surface area contributed by atoms with Gasteiger partial charge in [0.25, 0.3) is 0 Å². The fraction of sp³-hybridized carbons (Fsp3) is 0.200. The average molecular weight is 373 g/mol. The zero-order valence-corrected chi connectivity index (χ0v) is 13.0. The van der Waals surface area contributed by atoms with E-state index in [9.17, 15) is 0 Å². The van der Waals surface area contributed by atoms with Crippen molar-refractivity contribution in [1.29, 1.82) is 0 Å². The van der Waals surface area contributed by atoms with Crippen molar-refractivity contribution >= 4 is 34.2 Å². The van der Waals surface area contributed by atoms with Crippen molar-refractivity contribution in [2.24, 2.45) is 0 Å². The standard InChI is InChI=1S/C15H14ClIO/c1-18-12-6-4-5-11(9-12)10-14(16)13-7-2-3-8-15(13)17/h2-9,14H,10H2,1H3. The molecule has 0 amide bonds. The van der Waals surface area contributed by atoms with Crippen LogP contribution in [0.3, 0.4) is 0 Å². The maximum absolute atomic E-state index is 6.50. The second kappa shape index (κ2) is 6.43. The molecular formula is C15H14ClIO. The topological polar surface area (TPSA) is 9.23 Å². The minimum absolute atomic E-state index is 0.00907. The van der Waals surface area contributed by atoms with Crippen molar-refractivity contribution in [2.45, 2.75) is 11.8 Å². The summed E-state index contributed by atoms with van der Waals surface area (Å²) in [6, 6.07) is 16.3. The highest BCUT2D eigenvalue weighted by atomic mass is 127. The SMILES string of the molecule is COc1cccc(CC(Cl)c2ccccc2I)c1. The Balaban J connectivity index is 2.16. The zero-order chi connectivity index (χ0) is 13.0. The molecule has 0 aliphatic carbocycles. The van der Waals surface area contributed by atoms with Gasteiger partial charge in [-0.15, -0.1) is 11.6 Å². The smallest absolute Gasteiger partial charge is 0.119 e. The Morgan fingerprint density at radius 3 is 2.67 bits per heavy atom. The molecule has 2 aromatic rings. The lowest BCUT2D eigenvalue weighted by atomic mass is 10.0. The van der Waals surface area contributed by atoms with Gasteiger partial charge in [0, 0.05) is 3.57 Å². The second-order valence-electron chi connectivity index (χ2n) is 4.04. The van der Waals surface area contributed by atoms with Crippen molar-refractivity contribution in [3.8, 4) is 5.75 Å². The number of hydrogen-bond donors (Lipinski definition) is 0. The summed E-state index contributed by atoms with van der Waals surface area (Å²) in [7, 11) is 1.68. The van der Waals surface area contributed by atoms with Crippen molar-refractivity contribution in [1.82, 2.24) is 0 Å². The van der Waals surface area contributed by atoms with Gasteiger partial charge < -0.3 is 4.74 Å². The number of hydrogen-bond acceptors (Lipinski definition) is 1. The molecule has 0 heterocycles. The molecule has 0 saturated heterocycles. The van der Waals surface area contributed by atoms with E-state index >= 15 is 0 Å². The molecule has 1 atom stereocenters. The Kier molecular flexibility index (Phi) is 4.89. The van der Waals surface area contributed by atoms with E-state index in [2.05, 4.69) is 40.8 Å². The minimum atomic E-state index is -0.00907. The van der Waals surface area contributed by atoms with Gasteiger partial charge in [-0.2, -0.15) is 0 Å². The van der Waals surface area contributed by atoms with Crippen LogP contribution in [0.2, 0.25) is 0 Å². The predicted octanol–water partition coefficient (Wildman–Crippen LogP) is 4.82. The molecular weight excluding hydrogens is 359 g/mol. The average Bonchev–Trinajstić information content (AvgIpc) is 2.39. The summed E-state index contributed by atoms with van der Waals surface area (Å²) >= 11 is 8.82. The number of benzene rings is 2. The van der Waals surface area contributed by atoms with E-state index < -0.39 is 0 Å². The molecule has 0 bridgehead atoms. The van der Waals surface area contributed by atoms with Crippen molar-refractivity contribution in [2.75, 3.05) is 7.11 Å². The largest absolute Gasteiger partial charge is 0.497 e. The van der Waals surface area contributed by atoms with Gasteiger partial charge >= 0.3 is 0 Å². The Bertz CT molecular complexity index is 527. The van der Waals surface area contributed by atoms with Gasteiger partial charge in [0.15, 0.2) is 0 Å². The van der Waals surface area contributed by atoms with Crippen LogP contribution < -0.4 is 4.74 Å². The van der Waals surface area contributed by atoms with Gasteiger partial charge in [0.1, 0.15) is 5.75 Å². The molecule has 0 aliphatic rings. The van der Waals surface area contributed by atoms with E-state index in [4.69, 9.17) is 16.3 Å². The molecule has 18 heavy (non-hydrogen) atoms. The maximum Gasteiger partial charge on any atom is 0.119 e. The number of halogens is 2. The van der Waals surface area contributed by atoms with Gasteiger partial charge in [-0.3, -0.25) is 0 Å². The first-order valence-corrected chi connectivity index (χ1v) is 7.23. The van der Waals surface area contributed by atoms with Gasteiger partial charge in [-0.05, 0) is 58.3 Å². The molecule has 0 spiro atoms. The minimum Gasteiger partial charge on any atom is -0.497 e. The molecule has 0 saturated carbocycles. The van der Waals surface area contributed by atoms with Crippen LogP contribution in [0.25, 0.3) is 0 Å². The fourth-order valence-electron chi connectivity index (χ4n) is 1.85. The summed E-state index contributed by atoms with van der Waals surface area (Å²) in [5.74, 6) is 0.874. The molecule has 0 fully saturated rings. The van der Waals surface area contributed by atoms with Gasteiger partial charge in [-0.25, -0.2) is 0 Å². The van der Waals surface area contributed by atoms with Gasteiger partial charge in [0.05, 0.1) is 12.5 Å². The summed E-state index contributed by atoms with van der Waals surface area (Å²) in [5, 5.41) is -0.00907. The molecule has 2 aromatic carbocycles. The Morgan fingerprint density at radius 2 is 1.94 bits per heavy atom. The Hall–Kier alpha value is -0.740. The lowest BCUT2D eigenvalue weighted by Crippen LogP contribution is -1.98. The lowest BCUT2D eigenvalue weighted by molar-refractivity contribution is 0.414. The Labute approximate surface area is 126 Å². The predicted molar refractivity (Wildman–Crippen MR) is 84.5 cm³/mol. The first-order chi connectivity index (χ1) is 8.70. The lowest BCUT2D eigenvalue weighted by Gasteiger charge is -2.12. The van der Waals surface area contributed by atoms with E-state index in [-0.39, 0.29) is 5.38 Å². The van der Waals surface area contributed by atoms with Crippen LogP contribution in [0.4, 0.5) is 0 Å². The number of ether oxygens (including phenoxy) is 1. The summed E-state index contributed by atoms with van der Waals surface area (Å²) in [5.41, 5.74) is 2.37. The number of alkyl halides is 1. The van der Waals surface area contributed by atoms with Crippen LogP contribution in [0.15, 0.2) is 48.5 Å². The van der Waals surface area contributed by atoms with Crippen LogP contribution in [-0.2, 0) is 6.42 Å². The molecule has 2 rings (SSSR count). The first kappa shape index (κ1) is 13.7. The van der Waals surface area contributed by atoms with Crippen LogP contribution in [0, 0.1) is 3.57 Å². The highest BCUT2D eigenvalue weighted by Crippen LogP contribution is 2.29. The zero-order valence-electron chi connectivity index (χ0n) is 10.1. The molecule has 0 aromatic heterocycles. The quantitative estimate of drug-likeness (QED) is 0.552. The van der Waals surface area contributed by atoms with Crippen LogP contribution in [0.5, 0.6) is 5.75 Å². The molecule has 0 aliphatic heterocycles. The third kappa shape index (κ3) is 3.39. The van der Waals surface area contributed by atoms with E-state index in [1.54, 1.807) is 7.11 Å². The third-order valence-corrected chi connectivity index (χ3v) is 4.16. The summed E-state index contributed by atoms with van der Waals surface area (Å²) in [6.45, 7) is 0. The monoisotopic (exact) mass is 372 g/mol. The molecule has 0 N–H and O–H groups in total. The van der Waals surface area contributed by atoms with Crippen molar-refractivity contribution in [3.63, 3.8) is 0 Å². The summed E-state index contributed by atoms with van der Waals surface area (Å²) in [6.07, 6.45) is 0.804. The van der Waals surface area contributed by atoms with E-state index in [0.29, 0.717) is 0 Å². The normalized spacial score (nSPS) is 12.2. The highest BCUT2D eigenvalue weighted by Gasteiger charge is 2.12. The molecule has 94 valence electrons. The van der Waals surface area contributed by atoms with Crippen LogP contribution in [-0.4, -0.2) is 7.11 Å². The maximum atomic E-state index is 6.50. The van der Waals surface area contributed by atoms with Crippen LogP contribution in [0.1, 0.15) is 16.5 Å². The molecule has 1 nitrogen and oxygen atoms in total. The summed E-state index contributed by atoms with van der Waals surface area (Å²) in [4.78, 5) is 0. The van der Waals surface area contributed by atoms with Crippen molar-refractivity contribution < 1.29 is 4.74 Å². The van der Waals surface area contributed by atoms with Gasteiger partial charge in [0.2, 0.25) is 0 Å². The Morgan fingerprint density at radius 1 is 1.17 bits per heavy atom. The highest BCUT2D eigenvalue weighted by molar-refractivity contribution is 14.1. The van der Waals surface area contributed by atoms with E-state index in [1.807, 2.05) is 30.3 Å². The van der Waals surface area contributed by atoms with Gasteiger partial charge in [-0.1, -0.05) is 30.3 Å². The van der Waals surface area contributed by atoms with E-state index in [0.717, 1.165) is 12.2 Å². The molecule has 3 heteroatoms. The molecule has 1 unspecified atom stereocenters. The number of rotatable bonds is 4. The van der Waals surface area contributed by atoms with Crippen LogP contribution >= 0.6 is 34.2 Å². The van der Waals surface area contributed by atoms with Crippen molar-refractivity contribution in [3.05, 3.63) is 63.2 Å². The third-order valence-electron chi connectivity index (χ3n) is 2.79. The summed E-state index contributed by atoms with van der Waals surface area (Å²) < 4.78 is 6.43.